The van der Waals surface area contributed by atoms with Gasteiger partial charge in [0.15, 0.2) is 13.2 Å². The highest BCUT2D eigenvalue weighted by molar-refractivity contribution is 5.99. The van der Waals surface area contributed by atoms with Crippen molar-refractivity contribution in [2.24, 2.45) is 0 Å². The normalized spacial score (nSPS) is 10.4. The minimum atomic E-state index is -0.638. The summed E-state index contributed by atoms with van der Waals surface area (Å²) in [6, 6.07) is 5.31. The van der Waals surface area contributed by atoms with Crippen LogP contribution >= 0.6 is 0 Å². The van der Waals surface area contributed by atoms with Gasteiger partial charge in [-0.2, -0.15) is 0 Å². The fourth-order valence-corrected chi connectivity index (χ4v) is 2.07. The molecule has 6 nitrogen and oxygen atoms in total. The second-order valence-corrected chi connectivity index (χ2v) is 5.40. The lowest BCUT2D eigenvalue weighted by Crippen LogP contribution is -2.20. The van der Waals surface area contributed by atoms with Gasteiger partial charge in [0.25, 0.3) is 5.88 Å². The van der Waals surface area contributed by atoms with Crippen LogP contribution in [0.3, 0.4) is 0 Å². The molecule has 0 aliphatic carbocycles. The second kappa shape index (κ2) is 7.09. The number of benzene rings is 1. The molecule has 0 N–H and O–H groups in total. The zero-order valence-electron chi connectivity index (χ0n) is 13.6. The van der Waals surface area contributed by atoms with Crippen LogP contribution < -0.4 is 4.74 Å². The predicted molar refractivity (Wildman–Crippen MR) is 82.7 cm³/mol. The number of esters is 1. The van der Waals surface area contributed by atoms with Crippen molar-refractivity contribution < 1.29 is 23.6 Å². The van der Waals surface area contributed by atoms with E-state index < -0.39 is 5.97 Å². The average Bonchev–Trinajstić information content (AvgIpc) is 2.92. The summed E-state index contributed by atoms with van der Waals surface area (Å²) in [5.74, 6) is -0.0961. The van der Waals surface area contributed by atoms with Crippen LogP contribution in [0.1, 0.15) is 32.8 Å². The first-order valence-corrected chi connectivity index (χ1v) is 7.19. The van der Waals surface area contributed by atoms with Gasteiger partial charge in [-0.25, -0.2) is 4.79 Å². The highest BCUT2D eigenvalue weighted by Crippen LogP contribution is 2.16. The van der Waals surface area contributed by atoms with E-state index >= 15 is 0 Å². The summed E-state index contributed by atoms with van der Waals surface area (Å²) in [4.78, 5) is 23.8. The van der Waals surface area contributed by atoms with Crippen molar-refractivity contribution in [2.75, 3.05) is 13.2 Å². The molecule has 6 heteroatoms. The molecule has 0 unspecified atom stereocenters. The monoisotopic (exact) mass is 317 g/mol. The number of aromatic nitrogens is 1. The van der Waals surface area contributed by atoms with Gasteiger partial charge in [0.1, 0.15) is 5.76 Å². The number of aryl methyl sites for hydroxylation is 4. The molecule has 0 saturated carbocycles. The zero-order valence-corrected chi connectivity index (χ0v) is 13.6. The Kier molecular flexibility index (Phi) is 5.16. The van der Waals surface area contributed by atoms with Gasteiger partial charge in [-0.15, -0.1) is 0 Å². The fourth-order valence-electron chi connectivity index (χ4n) is 2.07. The molecule has 0 aliphatic heterocycles. The summed E-state index contributed by atoms with van der Waals surface area (Å²) in [5.41, 5.74) is 3.57. The molecule has 0 amide bonds. The van der Waals surface area contributed by atoms with E-state index in [9.17, 15) is 9.59 Å². The highest BCUT2D eigenvalue weighted by Gasteiger charge is 2.14. The van der Waals surface area contributed by atoms with Crippen LogP contribution in [0.25, 0.3) is 0 Å². The summed E-state index contributed by atoms with van der Waals surface area (Å²) >= 11 is 0. The molecule has 1 aromatic carbocycles. The molecule has 2 rings (SSSR count). The molecule has 122 valence electrons. The first kappa shape index (κ1) is 16.7. The molecular weight excluding hydrogens is 298 g/mol. The van der Waals surface area contributed by atoms with E-state index in [-0.39, 0.29) is 24.9 Å². The Labute approximate surface area is 134 Å². The Bertz CT molecular complexity index is 733. The Morgan fingerprint density at radius 2 is 1.70 bits per heavy atom. The molecular formula is C17H19NO5. The number of carbonyl (C=O) groups is 2. The Morgan fingerprint density at radius 3 is 2.35 bits per heavy atom. The van der Waals surface area contributed by atoms with Crippen molar-refractivity contribution in [1.82, 2.24) is 5.16 Å². The topological polar surface area (TPSA) is 78.6 Å². The van der Waals surface area contributed by atoms with Crippen LogP contribution in [0.4, 0.5) is 0 Å². The predicted octanol–water partition coefficient (Wildman–Crippen LogP) is 2.71. The first-order valence-electron chi connectivity index (χ1n) is 7.19. The lowest BCUT2D eigenvalue weighted by atomic mass is 9.98. The standard InChI is InChI=1S/C17H19NO5/c1-10-5-12(3)14(6-11(10)2)15(19)8-22-17(20)9-21-16-7-13(4)23-18-16/h5-7H,8-9H2,1-4H3. The van der Waals surface area contributed by atoms with E-state index in [1.165, 1.54) is 0 Å². The van der Waals surface area contributed by atoms with Crippen LogP contribution in [0.2, 0.25) is 0 Å². The number of ketones is 1. The van der Waals surface area contributed by atoms with Crippen LogP contribution in [-0.2, 0) is 9.53 Å². The van der Waals surface area contributed by atoms with Crippen molar-refractivity contribution in [3.05, 3.63) is 46.2 Å². The number of rotatable bonds is 6. The van der Waals surface area contributed by atoms with Crippen LogP contribution in [0.5, 0.6) is 5.88 Å². The third-order valence-corrected chi connectivity index (χ3v) is 3.45. The smallest absolute Gasteiger partial charge is 0.344 e. The molecule has 23 heavy (non-hydrogen) atoms. The SMILES string of the molecule is Cc1cc(OCC(=O)OCC(=O)c2cc(C)c(C)cc2C)no1. The van der Waals surface area contributed by atoms with E-state index in [0.717, 1.165) is 16.7 Å². The largest absolute Gasteiger partial charge is 0.463 e. The molecule has 0 bridgehead atoms. The van der Waals surface area contributed by atoms with Crippen molar-refractivity contribution in [3.63, 3.8) is 0 Å². The van der Waals surface area contributed by atoms with Gasteiger partial charge >= 0.3 is 5.97 Å². The van der Waals surface area contributed by atoms with Crippen molar-refractivity contribution >= 4 is 11.8 Å². The quantitative estimate of drug-likeness (QED) is 0.602. The summed E-state index contributed by atoms with van der Waals surface area (Å²) in [5, 5.41) is 3.59. The maximum absolute atomic E-state index is 12.2. The number of hydrogen-bond acceptors (Lipinski definition) is 6. The zero-order chi connectivity index (χ0) is 17.0. The van der Waals surface area contributed by atoms with Gasteiger partial charge in [-0.05, 0) is 55.6 Å². The Morgan fingerprint density at radius 1 is 1.00 bits per heavy atom. The summed E-state index contributed by atoms with van der Waals surface area (Å²) in [6.07, 6.45) is 0. The number of Topliss-reactive ketones (excluding diaryl/α,β-unsaturated/α-hetero) is 1. The second-order valence-electron chi connectivity index (χ2n) is 5.40. The van der Waals surface area contributed by atoms with Crippen molar-refractivity contribution in [1.29, 1.82) is 0 Å². The van der Waals surface area contributed by atoms with Gasteiger partial charge in [0.05, 0.1) is 0 Å². The lowest BCUT2D eigenvalue weighted by Gasteiger charge is -2.09. The van der Waals surface area contributed by atoms with E-state index in [2.05, 4.69) is 5.16 Å². The number of hydrogen-bond donors (Lipinski definition) is 0. The maximum Gasteiger partial charge on any atom is 0.344 e. The number of nitrogens with zero attached hydrogens (tertiary/aromatic N) is 1. The molecule has 0 fully saturated rings. The molecule has 1 aromatic heterocycles. The molecule has 0 saturated heterocycles. The highest BCUT2D eigenvalue weighted by atomic mass is 16.6. The van der Waals surface area contributed by atoms with Crippen LogP contribution in [-0.4, -0.2) is 30.1 Å². The van der Waals surface area contributed by atoms with Gasteiger partial charge < -0.3 is 14.0 Å². The minimum Gasteiger partial charge on any atom is -0.463 e. The minimum absolute atomic E-state index is 0.204. The van der Waals surface area contributed by atoms with Gasteiger partial charge in [0, 0.05) is 11.6 Å². The molecule has 0 atom stereocenters. The van der Waals surface area contributed by atoms with Crippen molar-refractivity contribution in [3.8, 4) is 5.88 Å². The third kappa shape index (κ3) is 4.42. The van der Waals surface area contributed by atoms with Crippen LogP contribution in [0, 0.1) is 27.7 Å². The summed E-state index contributed by atoms with van der Waals surface area (Å²) in [7, 11) is 0. The fraction of sp³-hybridized carbons (Fsp3) is 0.353. The van der Waals surface area contributed by atoms with Gasteiger partial charge in [0.2, 0.25) is 5.78 Å². The van der Waals surface area contributed by atoms with E-state index in [4.69, 9.17) is 14.0 Å². The summed E-state index contributed by atoms with van der Waals surface area (Å²) in [6.45, 7) is 6.85. The number of carbonyl (C=O) groups excluding carboxylic acids is 2. The molecule has 0 spiro atoms. The molecule has 0 radical (unpaired) electrons. The van der Waals surface area contributed by atoms with E-state index in [0.29, 0.717) is 11.3 Å². The van der Waals surface area contributed by atoms with E-state index in [1.54, 1.807) is 13.0 Å². The number of ether oxygens (including phenoxy) is 2. The van der Waals surface area contributed by atoms with E-state index in [1.807, 2.05) is 32.9 Å². The average molecular weight is 317 g/mol. The summed E-state index contributed by atoms with van der Waals surface area (Å²) < 4.78 is 14.8. The first-order chi connectivity index (χ1) is 10.9. The Hall–Kier alpha value is -2.63. The molecule has 1 heterocycles. The van der Waals surface area contributed by atoms with Crippen LogP contribution in [0.15, 0.2) is 22.7 Å². The lowest BCUT2D eigenvalue weighted by molar-refractivity contribution is -0.144. The third-order valence-electron chi connectivity index (χ3n) is 3.45. The van der Waals surface area contributed by atoms with Crippen molar-refractivity contribution in [2.45, 2.75) is 27.7 Å². The Balaban J connectivity index is 1.86. The van der Waals surface area contributed by atoms with Gasteiger partial charge in [-0.1, -0.05) is 6.07 Å². The molecule has 0 aliphatic rings. The molecule has 2 aromatic rings. The maximum atomic E-state index is 12.2. The van der Waals surface area contributed by atoms with Gasteiger partial charge in [-0.3, -0.25) is 4.79 Å².